The number of nitrogens with one attached hydrogen (secondary N) is 1. The van der Waals surface area contributed by atoms with Crippen molar-refractivity contribution in [2.24, 2.45) is 0 Å². The molecule has 0 saturated heterocycles. The first-order valence-corrected chi connectivity index (χ1v) is 7.58. The zero-order chi connectivity index (χ0) is 15.2. The molecule has 0 aliphatic rings. The summed E-state index contributed by atoms with van der Waals surface area (Å²) >= 11 is 0. The van der Waals surface area contributed by atoms with Gasteiger partial charge in [-0.1, -0.05) is 48.9 Å². The highest BCUT2D eigenvalue weighted by atomic mass is 16.5. The molecule has 2 nitrogen and oxygen atoms in total. The van der Waals surface area contributed by atoms with Crippen LogP contribution in [-0.4, -0.2) is 13.7 Å². The molecule has 0 bridgehead atoms. The number of para-hydroxylation sites is 1. The molecule has 0 heterocycles. The average molecular weight is 283 g/mol. The number of hydrogen-bond donors (Lipinski definition) is 1. The van der Waals surface area contributed by atoms with Crippen molar-refractivity contribution in [2.75, 3.05) is 13.7 Å². The number of likely N-dealkylation sites (N-methyl/N-ethyl adjacent to an activating group) is 1. The second kappa shape index (κ2) is 7.28. The van der Waals surface area contributed by atoms with Gasteiger partial charge < -0.3 is 10.1 Å². The van der Waals surface area contributed by atoms with Gasteiger partial charge in [-0.15, -0.1) is 0 Å². The number of methoxy groups -OCH3 is 1. The van der Waals surface area contributed by atoms with Crippen LogP contribution in [0.3, 0.4) is 0 Å². The topological polar surface area (TPSA) is 21.3 Å². The number of rotatable bonds is 6. The van der Waals surface area contributed by atoms with E-state index in [0.29, 0.717) is 0 Å². The lowest BCUT2D eigenvalue weighted by molar-refractivity contribution is 0.399. The van der Waals surface area contributed by atoms with Crippen molar-refractivity contribution < 1.29 is 4.74 Å². The summed E-state index contributed by atoms with van der Waals surface area (Å²) in [7, 11) is 1.74. The Kier molecular flexibility index (Phi) is 5.40. The molecular formula is C19H25NO. The van der Waals surface area contributed by atoms with Crippen LogP contribution in [0.25, 0.3) is 0 Å². The molecule has 1 unspecified atom stereocenters. The largest absolute Gasteiger partial charge is 0.496 e. The molecule has 0 saturated carbocycles. The van der Waals surface area contributed by atoms with E-state index in [1.807, 2.05) is 12.1 Å². The molecule has 1 N–H and O–H groups in total. The Balaban J connectivity index is 2.33. The summed E-state index contributed by atoms with van der Waals surface area (Å²) in [5.41, 5.74) is 5.28. The molecule has 0 fully saturated rings. The quantitative estimate of drug-likeness (QED) is 0.857. The third-order valence-corrected chi connectivity index (χ3v) is 3.89. The molecule has 0 aliphatic heterocycles. The minimum atomic E-state index is 0.270. The maximum absolute atomic E-state index is 5.52. The Morgan fingerprint density at radius 2 is 1.86 bits per heavy atom. The Hall–Kier alpha value is -1.80. The summed E-state index contributed by atoms with van der Waals surface area (Å²) in [5, 5.41) is 3.59. The molecule has 2 aromatic rings. The summed E-state index contributed by atoms with van der Waals surface area (Å²) in [4.78, 5) is 0. The highest BCUT2D eigenvalue weighted by Crippen LogP contribution is 2.28. The van der Waals surface area contributed by atoms with Gasteiger partial charge in [0.2, 0.25) is 0 Å². The minimum Gasteiger partial charge on any atom is -0.496 e. The fourth-order valence-electron chi connectivity index (χ4n) is 2.73. The fraction of sp³-hybridized carbons (Fsp3) is 0.368. The lowest BCUT2D eigenvalue weighted by atomic mass is 9.94. The predicted molar refractivity (Wildman–Crippen MR) is 89.0 cm³/mol. The van der Waals surface area contributed by atoms with Crippen molar-refractivity contribution in [1.82, 2.24) is 5.32 Å². The van der Waals surface area contributed by atoms with Crippen molar-refractivity contribution in [3.63, 3.8) is 0 Å². The van der Waals surface area contributed by atoms with Gasteiger partial charge in [0.15, 0.2) is 0 Å². The average Bonchev–Trinajstić information content (AvgIpc) is 2.50. The smallest absolute Gasteiger partial charge is 0.123 e. The summed E-state index contributed by atoms with van der Waals surface area (Å²) in [5.74, 6) is 0.953. The van der Waals surface area contributed by atoms with E-state index in [-0.39, 0.29) is 6.04 Å². The molecule has 1 atom stereocenters. The van der Waals surface area contributed by atoms with Gasteiger partial charge in [-0.25, -0.2) is 0 Å². The summed E-state index contributed by atoms with van der Waals surface area (Å²) < 4.78 is 5.52. The third-order valence-electron chi connectivity index (χ3n) is 3.89. The molecule has 2 rings (SSSR count). The molecule has 0 aromatic heterocycles. The lowest BCUT2D eigenvalue weighted by Crippen LogP contribution is -2.23. The van der Waals surface area contributed by atoms with Gasteiger partial charge in [-0.2, -0.15) is 0 Å². The highest BCUT2D eigenvalue weighted by Gasteiger charge is 2.16. The van der Waals surface area contributed by atoms with Crippen LogP contribution in [0.5, 0.6) is 5.75 Å². The van der Waals surface area contributed by atoms with E-state index in [4.69, 9.17) is 4.74 Å². The van der Waals surface area contributed by atoms with Crippen LogP contribution in [0.15, 0.2) is 42.5 Å². The second-order valence-electron chi connectivity index (χ2n) is 5.49. The first-order chi connectivity index (χ1) is 10.2. The van der Waals surface area contributed by atoms with E-state index in [2.05, 4.69) is 56.4 Å². The lowest BCUT2D eigenvalue weighted by Gasteiger charge is -2.22. The van der Waals surface area contributed by atoms with E-state index in [1.165, 1.54) is 22.3 Å². The van der Waals surface area contributed by atoms with Crippen LogP contribution in [0, 0.1) is 13.8 Å². The Bertz CT molecular complexity index is 592. The molecule has 112 valence electrons. The second-order valence-corrected chi connectivity index (χ2v) is 5.49. The summed E-state index contributed by atoms with van der Waals surface area (Å²) in [6, 6.07) is 15.2. The highest BCUT2D eigenvalue weighted by molar-refractivity contribution is 5.38. The SMILES string of the molecule is CCNC(Cc1cc(C)ccc1C)c1ccccc1OC. The standard InChI is InChI=1S/C19H25NO/c1-5-20-18(17-8-6-7-9-19(17)21-4)13-16-12-14(2)10-11-15(16)3/h6-12,18,20H,5,13H2,1-4H3. The Labute approximate surface area is 128 Å². The van der Waals surface area contributed by atoms with E-state index < -0.39 is 0 Å². The first-order valence-electron chi connectivity index (χ1n) is 7.58. The molecule has 2 aromatic carbocycles. The van der Waals surface area contributed by atoms with Crippen LogP contribution < -0.4 is 10.1 Å². The molecule has 0 radical (unpaired) electrons. The van der Waals surface area contributed by atoms with Crippen LogP contribution in [0.4, 0.5) is 0 Å². The maximum Gasteiger partial charge on any atom is 0.123 e. The van der Waals surface area contributed by atoms with Gasteiger partial charge >= 0.3 is 0 Å². The van der Waals surface area contributed by atoms with Crippen molar-refractivity contribution >= 4 is 0 Å². The van der Waals surface area contributed by atoms with Crippen LogP contribution in [0.1, 0.15) is 35.2 Å². The van der Waals surface area contributed by atoms with Crippen molar-refractivity contribution in [3.8, 4) is 5.75 Å². The van der Waals surface area contributed by atoms with E-state index in [9.17, 15) is 0 Å². The van der Waals surface area contributed by atoms with Gasteiger partial charge in [0.25, 0.3) is 0 Å². The van der Waals surface area contributed by atoms with Crippen molar-refractivity contribution in [2.45, 2.75) is 33.2 Å². The van der Waals surface area contributed by atoms with E-state index in [0.717, 1.165) is 18.7 Å². The van der Waals surface area contributed by atoms with Crippen molar-refractivity contribution in [1.29, 1.82) is 0 Å². The minimum absolute atomic E-state index is 0.270. The zero-order valence-corrected chi connectivity index (χ0v) is 13.4. The van der Waals surface area contributed by atoms with E-state index >= 15 is 0 Å². The van der Waals surface area contributed by atoms with Gasteiger partial charge in [0.05, 0.1) is 7.11 Å². The van der Waals surface area contributed by atoms with Crippen molar-refractivity contribution in [3.05, 3.63) is 64.7 Å². The maximum atomic E-state index is 5.52. The normalized spacial score (nSPS) is 12.2. The third kappa shape index (κ3) is 3.85. The van der Waals surface area contributed by atoms with Crippen LogP contribution in [-0.2, 0) is 6.42 Å². The van der Waals surface area contributed by atoms with Crippen LogP contribution in [0.2, 0.25) is 0 Å². The molecular weight excluding hydrogens is 258 g/mol. The molecule has 0 spiro atoms. The van der Waals surface area contributed by atoms with Gasteiger partial charge in [-0.3, -0.25) is 0 Å². The summed E-state index contributed by atoms with van der Waals surface area (Å²) in [6.07, 6.45) is 0.974. The number of hydrogen-bond acceptors (Lipinski definition) is 2. The molecule has 0 amide bonds. The molecule has 21 heavy (non-hydrogen) atoms. The first kappa shape index (κ1) is 15.6. The monoisotopic (exact) mass is 283 g/mol. The fourth-order valence-corrected chi connectivity index (χ4v) is 2.73. The number of ether oxygens (including phenoxy) is 1. The summed E-state index contributed by atoms with van der Waals surface area (Å²) in [6.45, 7) is 7.41. The zero-order valence-electron chi connectivity index (χ0n) is 13.4. The van der Waals surface area contributed by atoms with Crippen LogP contribution >= 0.6 is 0 Å². The number of aryl methyl sites for hydroxylation is 2. The Morgan fingerprint density at radius 1 is 1.10 bits per heavy atom. The van der Waals surface area contributed by atoms with Gasteiger partial charge in [0.1, 0.15) is 5.75 Å². The molecule has 2 heteroatoms. The molecule has 0 aliphatic carbocycles. The number of benzene rings is 2. The Morgan fingerprint density at radius 3 is 2.57 bits per heavy atom. The van der Waals surface area contributed by atoms with E-state index in [1.54, 1.807) is 7.11 Å². The van der Waals surface area contributed by atoms with Gasteiger partial charge in [0, 0.05) is 11.6 Å². The predicted octanol–water partition coefficient (Wildman–Crippen LogP) is 4.21. The van der Waals surface area contributed by atoms with Gasteiger partial charge in [-0.05, 0) is 44.0 Å².